The summed E-state index contributed by atoms with van der Waals surface area (Å²) in [5.74, 6) is -0.999. The molecule has 0 radical (unpaired) electrons. The van der Waals surface area contributed by atoms with Crippen LogP contribution in [-0.2, 0) is 11.3 Å². The van der Waals surface area contributed by atoms with E-state index in [1.165, 1.54) is 12.3 Å². The van der Waals surface area contributed by atoms with Gasteiger partial charge in [0.05, 0.1) is 24.9 Å². The molecule has 0 saturated carbocycles. The number of carbonyl (C=O) groups excluding carboxylic acids is 1. The molecule has 0 fully saturated rings. The van der Waals surface area contributed by atoms with E-state index in [0.717, 1.165) is 6.42 Å². The maximum absolute atomic E-state index is 15.3. The maximum Gasteiger partial charge on any atom is 0.339 e. The summed E-state index contributed by atoms with van der Waals surface area (Å²) in [5.41, 5.74) is 1.48. The fourth-order valence-electron chi connectivity index (χ4n) is 3.34. The van der Waals surface area contributed by atoms with Crippen molar-refractivity contribution in [1.29, 1.82) is 0 Å². The van der Waals surface area contributed by atoms with Gasteiger partial charge in [0.25, 0.3) is 6.01 Å². The number of esters is 1. The van der Waals surface area contributed by atoms with Gasteiger partial charge >= 0.3 is 5.97 Å². The fraction of sp³-hybridized carbons (Fsp3) is 0.320. The molecule has 0 atom stereocenters. The van der Waals surface area contributed by atoms with Gasteiger partial charge in [-0.2, -0.15) is 4.98 Å². The Bertz CT molecular complexity index is 1200. The minimum Gasteiger partial charge on any atom is -0.465 e. The molecule has 0 aliphatic carbocycles. The monoisotopic (exact) mass is 531 g/mol. The number of benzene rings is 2. The third-order valence-corrected chi connectivity index (χ3v) is 5.34. The number of ether oxygens (including phenoxy) is 2. The number of rotatable bonds is 8. The molecule has 0 amide bonds. The summed E-state index contributed by atoms with van der Waals surface area (Å²) in [7, 11) is 0. The third-order valence-electron chi connectivity index (χ3n) is 4.75. The van der Waals surface area contributed by atoms with Crippen molar-refractivity contribution < 1.29 is 23.9 Å². The van der Waals surface area contributed by atoms with Crippen LogP contribution in [0.25, 0.3) is 11.1 Å². The van der Waals surface area contributed by atoms with E-state index in [4.69, 9.17) is 14.7 Å². The average molecular weight is 532 g/mol. The Balaban J connectivity index is 1.96. The molecule has 0 bridgehead atoms. The highest BCUT2D eigenvalue weighted by atomic mass is 79.9. The third kappa shape index (κ3) is 6.02. The highest BCUT2D eigenvalue weighted by Gasteiger charge is 2.22. The highest BCUT2D eigenvalue weighted by Crippen LogP contribution is 2.30. The topological polar surface area (TPSA) is 85.9 Å². The van der Waals surface area contributed by atoms with Crippen molar-refractivity contribution in [3.63, 3.8) is 0 Å². The number of oxime groups is 1. The van der Waals surface area contributed by atoms with Gasteiger partial charge in [-0.05, 0) is 66.4 Å². The largest absolute Gasteiger partial charge is 0.465 e. The molecule has 0 aliphatic rings. The first-order chi connectivity index (χ1) is 16.1. The Morgan fingerprint density at radius 1 is 1.24 bits per heavy atom. The van der Waals surface area contributed by atoms with Gasteiger partial charge < -0.3 is 14.7 Å². The number of aromatic nitrogens is 2. The van der Waals surface area contributed by atoms with E-state index < -0.39 is 17.4 Å². The Labute approximate surface area is 206 Å². The lowest BCUT2D eigenvalue weighted by molar-refractivity contribution is 0.00704. The zero-order valence-corrected chi connectivity index (χ0v) is 21.1. The zero-order valence-electron chi connectivity index (χ0n) is 19.5. The fourth-order valence-corrected chi connectivity index (χ4v) is 3.81. The molecule has 7 nitrogen and oxygen atoms in total. The number of imidazole rings is 1. The summed E-state index contributed by atoms with van der Waals surface area (Å²) < 4.78 is 28.6. The molecular formula is C25H27BrFN3O4. The summed E-state index contributed by atoms with van der Waals surface area (Å²) >= 11 is 3.34. The SMILES string of the molecule is CCCOc1nc(Br)c(/C=N\O)n1Cc1ccc(-c2ccccc2C(=O)OC(C)(C)C)c(F)c1. The normalized spacial score (nSPS) is 11.7. The van der Waals surface area contributed by atoms with Gasteiger partial charge in [0.1, 0.15) is 21.7 Å². The lowest BCUT2D eigenvalue weighted by Gasteiger charge is -2.20. The summed E-state index contributed by atoms with van der Waals surface area (Å²) in [6, 6.07) is 11.9. The Kier molecular flexibility index (Phi) is 8.09. The van der Waals surface area contributed by atoms with E-state index >= 15 is 4.39 Å². The van der Waals surface area contributed by atoms with Crippen LogP contribution >= 0.6 is 15.9 Å². The second kappa shape index (κ2) is 10.8. The molecule has 3 rings (SSSR count). The van der Waals surface area contributed by atoms with E-state index in [9.17, 15) is 4.79 Å². The van der Waals surface area contributed by atoms with Crippen molar-refractivity contribution in [2.45, 2.75) is 46.3 Å². The van der Waals surface area contributed by atoms with Crippen molar-refractivity contribution in [3.05, 3.63) is 69.7 Å². The van der Waals surface area contributed by atoms with E-state index in [0.29, 0.717) is 39.6 Å². The van der Waals surface area contributed by atoms with Crippen molar-refractivity contribution in [3.8, 4) is 17.1 Å². The molecule has 34 heavy (non-hydrogen) atoms. The standard InChI is InChI=1S/C25H27BrFN3O4/c1-5-12-33-24-29-22(26)21(14-28-32)30(24)15-16-10-11-18(20(27)13-16)17-8-6-7-9-19(17)23(31)34-25(2,3)4/h6-11,13-14,32H,5,12,15H2,1-4H3/b28-14-. The van der Waals surface area contributed by atoms with E-state index in [-0.39, 0.29) is 12.1 Å². The minimum absolute atomic E-state index is 0.226. The Morgan fingerprint density at radius 2 is 1.97 bits per heavy atom. The average Bonchev–Trinajstić information content (AvgIpc) is 3.06. The van der Waals surface area contributed by atoms with Crippen molar-refractivity contribution >= 4 is 28.1 Å². The van der Waals surface area contributed by atoms with Crippen LogP contribution in [-0.4, -0.2) is 39.2 Å². The molecule has 180 valence electrons. The van der Waals surface area contributed by atoms with Crippen LogP contribution in [0.5, 0.6) is 6.01 Å². The van der Waals surface area contributed by atoms with Crippen molar-refractivity contribution in [2.24, 2.45) is 5.16 Å². The van der Waals surface area contributed by atoms with E-state index in [1.54, 1.807) is 61.7 Å². The molecule has 1 N–H and O–H groups in total. The van der Waals surface area contributed by atoms with Gasteiger partial charge in [-0.25, -0.2) is 9.18 Å². The lowest BCUT2D eigenvalue weighted by Crippen LogP contribution is -2.24. The first kappa shape index (κ1) is 25.4. The van der Waals surface area contributed by atoms with Crippen LogP contribution in [0.1, 0.15) is 55.7 Å². The highest BCUT2D eigenvalue weighted by molar-refractivity contribution is 9.10. The Morgan fingerprint density at radius 3 is 2.62 bits per heavy atom. The van der Waals surface area contributed by atoms with Crippen LogP contribution < -0.4 is 4.74 Å². The first-order valence-electron chi connectivity index (χ1n) is 10.8. The summed E-state index contributed by atoms with van der Waals surface area (Å²) in [6.45, 7) is 8.00. The molecule has 1 aromatic heterocycles. The quantitative estimate of drug-likeness (QED) is 0.165. The first-order valence-corrected chi connectivity index (χ1v) is 11.6. The van der Waals surface area contributed by atoms with Gasteiger partial charge in [0, 0.05) is 5.56 Å². The zero-order chi connectivity index (χ0) is 24.9. The molecule has 2 aromatic carbocycles. The van der Waals surface area contributed by atoms with Crippen LogP contribution in [0.4, 0.5) is 4.39 Å². The molecule has 9 heteroatoms. The van der Waals surface area contributed by atoms with Gasteiger partial charge in [0.2, 0.25) is 0 Å². The Hall–Kier alpha value is -3.20. The second-order valence-corrected chi connectivity index (χ2v) is 9.36. The number of nitrogens with zero attached hydrogens (tertiary/aromatic N) is 3. The smallest absolute Gasteiger partial charge is 0.339 e. The lowest BCUT2D eigenvalue weighted by atomic mass is 9.98. The van der Waals surface area contributed by atoms with Gasteiger partial charge in [-0.1, -0.05) is 42.4 Å². The second-order valence-electron chi connectivity index (χ2n) is 8.61. The van der Waals surface area contributed by atoms with Gasteiger partial charge in [0.15, 0.2) is 0 Å². The molecule has 0 unspecified atom stereocenters. The van der Waals surface area contributed by atoms with Gasteiger partial charge in [-0.15, -0.1) is 0 Å². The predicted molar refractivity (Wildman–Crippen MR) is 131 cm³/mol. The maximum atomic E-state index is 15.3. The molecule has 0 spiro atoms. The summed E-state index contributed by atoms with van der Waals surface area (Å²) in [4.78, 5) is 17.0. The summed E-state index contributed by atoms with van der Waals surface area (Å²) in [5, 5.41) is 12.1. The van der Waals surface area contributed by atoms with Crippen LogP contribution in [0.2, 0.25) is 0 Å². The minimum atomic E-state index is -0.668. The van der Waals surface area contributed by atoms with E-state index in [2.05, 4.69) is 26.1 Å². The molecular weight excluding hydrogens is 505 g/mol. The van der Waals surface area contributed by atoms with Gasteiger partial charge in [-0.3, -0.25) is 4.57 Å². The number of hydrogen-bond acceptors (Lipinski definition) is 6. The molecule has 1 heterocycles. The van der Waals surface area contributed by atoms with Crippen LogP contribution in [0.3, 0.4) is 0 Å². The van der Waals surface area contributed by atoms with E-state index in [1.807, 2.05) is 6.92 Å². The molecule has 0 saturated heterocycles. The number of halogens is 2. The van der Waals surface area contributed by atoms with Crippen LogP contribution in [0, 0.1) is 5.82 Å². The van der Waals surface area contributed by atoms with Crippen LogP contribution in [0.15, 0.2) is 52.2 Å². The molecule has 3 aromatic rings. The summed E-state index contributed by atoms with van der Waals surface area (Å²) in [6.07, 6.45) is 2.02. The van der Waals surface area contributed by atoms with Crippen molar-refractivity contribution in [1.82, 2.24) is 9.55 Å². The van der Waals surface area contributed by atoms with Crippen molar-refractivity contribution in [2.75, 3.05) is 6.61 Å². The number of hydrogen-bond donors (Lipinski definition) is 1. The number of carbonyl (C=O) groups is 1. The predicted octanol–water partition coefficient (Wildman–Crippen LogP) is 6.05. The molecule has 0 aliphatic heterocycles.